The number of nitrogen functional groups attached to an aromatic ring is 1. The van der Waals surface area contributed by atoms with Crippen LogP contribution in [-0.4, -0.2) is 11.5 Å². The molecule has 0 amide bonds. The van der Waals surface area contributed by atoms with Crippen LogP contribution in [0.3, 0.4) is 0 Å². The summed E-state index contributed by atoms with van der Waals surface area (Å²) < 4.78 is 26.5. The van der Waals surface area contributed by atoms with Crippen LogP contribution in [0, 0.1) is 11.6 Å². The molecule has 0 aromatic carbocycles. The quantitative estimate of drug-likeness (QED) is 0.576. The van der Waals surface area contributed by atoms with Gasteiger partial charge in [-0.05, 0) is 17.9 Å². The lowest BCUT2D eigenvalue weighted by molar-refractivity contribution is 0.578. The molecular formula is C11H12F2N4S. The Morgan fingerprint density at radius 2 is 2.06 bits per heavy atom. The molecule has 0 aliphatic heterocycles. The summed E-state index contributed by atoms with van der Waals surface area (Å²) in [5.41, 5.74) is 2.08. The van der Waals surface area contributed by atoms with Crippen LogP contribution in [0.2, 0.25) is 0 Å². The van der Waals surface area contributed by atoms with Crippen molar-refractivity contribution in [3.8, 4) is 0 Å². The number of nitrogens with two attached hydrogens (primary N) is 1. The lowest BCUT2D eigenvalue weighted by Crippen LogP contribution is -2.14. The van der Waals surface area contributed by atoms with Crippen LogP contribution in [0.15, 0.2) is 23.6 Å². The topological polar surface area (TPSA) is 63.0 Å². The van der Waals surface area contributed by atoms with Gasteiger partial charge in [-0.2, -0.15) is 0 Å². The number of rotatable bonds is 5. The van der Waals surface area contributed by atoms with Crippen molar-refractivity contribution < 1.29 is 8.78 Å². The van der Waals surface area contributed by atoms with E-state index in [0.717, 1.165) is 12.5 Å². The van der Waals surface area contributed by atoms with Crippen molar-refractivity contribution in [1.29, 1.82) is 0 Å². The Hall–Kier alpha value is -1.73. The van der Waals surface area contributed by atoms with E-state index in [1.165, 1.54) is 4.88 Å². The van der Waals surface area contributed by atoms with Crippen molar-refractivity contribution in [2.75, 3.05) is 17.3 Å². The number of nitrogens with zero attached hydrogens (tertiary/aromatic N) is 1. The first-order valence-electron chi connectivity index (χ1n) is 5.29. The fourth-order valence-electron chi connectivity index (χ4n) is 1.45. The Morgan fingerprint density at radius 3 is 2.72 bits per heavy atom. The van der Waals surface area contributed by atoms with Crippen LogP contribution in [-0.2, 0) is 6.42 Å². The second kappa shape index (κ2) is 5.74. The maximum absolute atomic E-state index is 13.4. The second-order valence-corrected chi connectivity index (χ2v) is 4.58. The monoisotopic (exact) mass is 270 g/mol. The third kappa shape index (κ3) is 2.93. The molecule has 4 N–H and O–H groups in total. The third-order valence-electron chi connectivity index (χ3n) is 2.31. The number of hydrogen-bond acceptors (Lipinski definition) is 5. The highest BCUT2D eigenvalue weighted by molar-refractivity contribution is 7.09. The standard InChI is InChI=1S/C11H12F2N4S/c12-8-6-9(13)11(17-14)16-10(8)15-4-3-7-2-1-5-18-7/h1-2,5-6H,3-4,14H2,(H2,15,16,17). The van der Waals surface area contributed by atoms with Gasteiger partial charge in [-0.15, -0.1) is 11.3 Å². The predicted octanol–water partition coefficient (Wildman–Crippen LogP) is 2.36. The highest BCUT2D eigenvalue weighted by Gasteiger charge is 2.10. The van der Waals surface area contributed by atoms with Crippen molar-refractivity contribution >= 4 is 23.0 Å². The van der Waals surface area contributed by atoms with Crippen molar-refractivity contribution in [2.24, 2.45) is 5.84 Å². The number of nitrogens with one attached hydrogen (secondary N) is 2. The highest BCUT2D eigenvalue weighted by Crippen LogP contribution is 2.18. The summed E-state index contributed by atoms with van der Waals surface area (Å²) in [6.45, 7) is 0.514. The average molecular weight is 270 g/mol. The molecule has 0 saturated carbocycles. The van der Waals surface area contributed by atoms with E-state index in [9.17, 15) is 8.78 Å². The summed E-state index contributed by atoms with van der Waals surface area (Å²) in [7, 11) is 0. The summed E-state index contributed by atoms with van der Waals surface area (Å²) in [4.78, 5) is 4.90. The van der Waals surface area contributed by atoms with Crippen LogP contribution in [0.1, 0.15) is 4.88 Å². The first kappa shape index (κ1) is 12.7. The van der Waals surface area contributed by atoms with Crippen molar-refractivity contribution in [2.45, 2.75) is 6.42 Å². The Bertz CT molecular complexity index is 516. The number of hydrogen-bond donors (Lipinski definition) is 3. The van der Waals surface area contributed by atoms with E-state index in [4.69, 9.17) is 5.84 Å². The van der Waals surface area contributed by atoms with Gasteiger partial charge in [0, 0.05) is 17.5 Å². The van der Waals surface area contributed by atoms with Crippen molar-refractivity contribution in [1.82, 2.24) is 4.98 Å². The molecule has 0 atom stereocenters. The number of aromatic nitrogens is 1. The minimum atomic E-state index is -0.821. The minimum Gasteiger partial charge on any atom is -0.367 e. The van der Waals surface area contributed by atoms with Gasteiger partial charge in [0.15, 0.2) is 23.3 Å². The van der Waals surface area contributed by atoms with Crippen LogP contribution in [0.5, 0.6) is 0 Å². The number of hydrazine groups is 1. The molecule has 0 fully saturated rings. The summed E-state index contributed by atoms with van der Waals surface area (Å²) in [6, 6.07) is 4.69. The molecule has 96 valence electrons. The van der Waals surface area contributed by atoms with Crippen LogP contribution < -0.4 is 16.6 Å². The van der Waals surface area contributed by atoms with Crippen LogP contribution >= 0.6 is 11.3 Å². The Morgan fingerprint density at radius 1 is 1.28 bits per heavy atom. The van der Waals surface area contributed by atoms with Gasteiger partial charge in [0.2, 0.25) is 0 Å². The highest BCUT2D eigenvalue weighted by atomic mass is 32.1. The maximum atomic E-state index is 13.4. The lowest BCUT2D eigenvalue weighted by atomic mass is 10.3. The first-order valence-corrected chi connectivity index (χ1v) is 6.17. The fraction of sp³-hybridized carbons (Fsp3) is 0.182. The van der Waals surface area contributed by atoms with E-state index < -0.39 is 11.6 Å². The molecule has 0 aliphatic rings. The molecule has 2 rings (SSSR count). The molecule has 2 aromatic rings. The summed E-state index contributed by atoms with van der Waals surface area (Å²) >= 11 is 1.63. The molecule has 4 nitrogen and oxygen atoms in total. The van der Waals surface area contributed by atoms with E-state index >= 15 is 0 Å². The summed E-state index contributed by atoms with van der Waals surface area (Å²) in [5.74, 6) is 3.32. The lowest BCUT2D eigenvalue weighted by Gasteiger charge is -2.08. The van der Waals surface area contributed by atoms with Gasteiger partial charge in [-0.25, -0.2) is 19.6 Å². The molecule has 2 heterocycles. The molecule has 0 spiro atoms. The van der Waals surface area contributed by atoms with E-state index in [0.29, 0.717) is 6.54 Å². The van der Waals surface area contributed by atoms with E-state index in [2.05, 4.69) is 15.7 Å². The SMILES string of the molecule is NNc1nc(NCCc2cccs2)c(F)cc1F. The Balaban J connectivity index is 2.00. The van der Waals surface area contributed by atoms with Gasteiger partial charge in [-0.1, -0.05) is 6.07 Å². The Labute approximate surface area is 107 Å². The van der Waals surface area contributed by atoms with Crippen molar-refractivity contribution in [3.05, 3.63) is 40.1 Å². The van der Waals surface area contributed by atoms with Gasteiger partial charge >= 0.3 is 0 Å². The van der Waals surface area contributed by atoms with Crippen molar-refractivity contribution in [3.63, 3.8) is 0 Å². The maximum Gasteiger partial charge on any atom is 0.178 e. The molecule has 0 saturated heterocycles. The molecule has 0 unspecified atom stereocenters. The zero-order valence-electron chi connectivity index (χ0n) is 9.41. The number of pyridine rings is 1. The fourth-order valence-corrected chi connectivity index (χ4v) is 2.16. The Kier molecular flexibility index (Phi) is 4.06. The number of thiophene rings is 1. The van der Waals surface area contributed by atoms with E-state index in [1.54, 1.807) is 11.3 Å². The molecule has 7 heteroatoms. The van der Waals surface area contributed by atoms with E-state index in [-0.39, 0.29) is 11.6 Å². The van der Waals surface area contributed by atoms with Gasteiger partial charge in [0.25, 0.3) is 0 Å². The first-order chi connectivity index (χ1) is 8.70. The number of anilines is 2. The predicted molar refractivity (Wildman–Crippen MR) is 68.5 cm³/mol. The van der Waals surface area contributed by atoms with Gasteiger partial charge in [0.05, 0.1) is 0 Å². The molecular weight excluding hydrogens is 258 g/mol. The third-order valence-corrected chi connectivity index (χ3v) is 3.25. The molecule has 0 aliphatic carbocycles. The smallest absolute Gasteiger partial charge is 0.178 e. The van der Waals surface area contributed by atoms with Crippen LogP contribution in [0.4, 0.5) is 20.4 Å². The normalized spacial score (nSPS) is 10.4. The molecule has 0 radical (unpaired) electrons. The van der Waals surface area contributed by atoms with Crippen LogP contribution in [0.25, 0.3) is 0 Å². The second-order valence-electron chi connectivity index (χ2n) is 3.55. The number of halogens is 2. The average Bonchev–Trinajstić information content (AvgIpc) is 2.85. The van der Waals surface area contributed by atoms with Gasteiger partial charge in [-0.3, -0.25) is 0 Å². The minimum absolute atomic E-state index is 0.0130. The zero-order valence-corrected chi connectivity index (χ0v) is 10.2. The van der Waals surface area contributed by atoms with Gasteiger partial charge < -0.3 is 10.7 Å². The van der Waals surface area contributed by atoms with E-state index in [1.807, 2.05) is 17.5 Å². The van der Waals surface area contributed by atoms with Gasteiger partial charge in [0.1, 0.15) is 0 Å². The molecule has 18 heavy (non-hydrogen) atoms. The molecule has 2 aromatic heterocycles. The molecule has 0 bridgehead atoms. The summed E-state index contributed by atoms with van der Waals surface area (Å²) in [5, 5.41) is 4.79. The largest absolute Gasteiger partial charge is 0.367 e. The summed E-state index contributed by atoms with van der Waals surface area (Å²) in [6.07, 6.45) is 0.752. The zero-order chi connectivity index (χ0) is 13.0.